The van der Waals surface area contributed by atoms with Crippen LogP contribution in [0.5, 0.6) is 5.75 Å². The smallest absolute Gasteiger partial charge is 0.257 e. The lowest BCUT2D eigenvalue weighted by Crippen LogP contribution is -2.45. The molecule has 1 N–H and O–H groups in total. The van der Waals surface area contributed by atoms with Crippen LogP contribution in [0.25, 0.3) is 0 Å². The zero-order chi connectivity index (χ0) is 21.1. The Morgan fingerprint density at radius 1 is 1.10 bits per heavy atom. The Morgan fingerprint density at radius 2 is 1.83 bits per heavy atom. The Balaban J connectivity index is 1.63. The predicted molar refractivity (Wildman–Crippen MR) is 122 cm³/mol. The molecule has 0 saturated carbocycles. The number of nitrogens with zero attached hydrogens (tertiary/aromatic N) is 2. The first kappa shape index (κ1) is 21.5. The maximum absolute atomic E-state index is 13.4. The Kier molecular flexibility index (Phi) is 6.88. The number of halogens is 1. The zero-order valence-corrected chi connectivity index (χ0v) is 18.7. The molecule has 0 radical (unpaired) electrons. The fourth-order valence-corrected chi connectivity index (χ4v) is 5.66. The third-order valence-corrected chi connectivity index (χ3v) is 7.41. The second-order valence-electron chi connectivity index (χ2n) is 7.76. The summed E-state index contributed by atoms with van der Waals surface area (Å²) in [5.74, 6) is 0.478. The number of aliphatic hydroxyl groups is 1. The van der Waals surface area contributed by atoms with Gasteiger partial charge in [0.2, 0.25) is 0 Å². The quantitative estimate of drug-likeness (QED) is 0.738. The normalized spacial score (nSPS) is 22.5. The third kappa shape index (κ3) is 4.62. The molecule has 1 saturated heterocycles. The van der Waals surface area contributed by atoms with E-state index in [-0.39, 0.29) is 5.91 Å². The number of anilines is 1. The highest BCUT2D eigenvalue weighted by Gasteiger charge is 2.37. The molecule has 2 aromatic rings. The number of methoxy groups -OCH3 is 1. The highest BCUT2D eigenvalue weighted by Crippen LogP contribution is 2.46. The van der Waals surface area contributed by atoms with E-state index in [4.69, 9.17) is 16.3 Å². The molecule has 5 nitrogen and oxygen atoms in total. The molecule has 0 aromatic heterocycles. The summed E-state index contributed by atoms with van der Waals surface area (Å²) in [6, 6.07) is 13.1. The number of rotatable bonds is 5. The standard InChI is InChI=1S/C23H27ClN2O3S/c1-29-18-8-5-16(6-9-18)22-21(27)23(28)26(14-13-25-11-3-2-4-12-25)19-10-7-17(24)15-20(19)30-22/h5-10,15,21-22,27H,2-4,11-14H2,1H3/t21-,22-/m1/s1. The first-order chi connectivity index (χ1) is 14.6. The number of hydrogen-bond acceptors (Lipinski definition) is 5. The lowest BCUT2D eigenvalue weighted by Gasteiger charge is -2.31. The molecule has 0 unspecified atom stereocenters. The van der Waals surface area contributed by atoms with Gasteiger partial charge in [0.1, 0.15) is 11.9 Å². The topological polar surface area (TPSA) is 53.0 Å². The van der Waals surface area contributed by atoms with Gasteiger partial charge in [-0.1, -0.05) is 30.2 Å². The van der Waals surface area contributed by atoms with E-state index in [2.05, 4.69) is 4.90 Å². The molecule has 0 aliphatic carbocycles. The molecule has 7 heteroatoms. The van der Waals surface area contributed by atoms with Gasteiger partial charge in [0.05, 0.1) is 18.0 Å². The maximum Gasteiger partial charge on any atom is 0.257 e. The first-order valence-electron chi connectivity index (χ1n) is 10.4. The van der Waals surface area contributed by atoms with Crippen molar-refractivity contribution in [2.24, 2.45) is 0 Å². The lowest BCUT2D eigenvalue weighted by molar-refractivity contribution is -0.126. The largest absolute Gasteiger partial charge is 0.497 e. The average Bonchev–Trinajstić information content (AvgIpc) is 2.88. The zero-order valence-electron chi connectivity index (χ0n) is 17.1. The van der Waals surface area contributed by atoms with Crippen LogP contribution in [-0.4, -0.2) is 55.3 Å². The monoisotopic (exact) mass is 446 g/mol. The van der Waals surface area contributed by atoms with E-state index in [9.17, 15) is 9.90 Å². The number of carbonyl (C=O) groups excluding carboxylic acids is 1. The number of benzene rings is 2. The number of hydrogen-bond donors (Lipinski definition) is 1. The van der Waals surface area contributed by atoms with E-state index in [1.54, 1.807) is 12.0 Å². The molecule has 30 heavy (non-hydrogen) atoms. The molecule has 2 aromatic carbocycles. The van der Waals surface area contributed by atoms with Gasteiger partial charge in [-0.05, 0) is 61.8 Å². The second kappa shape index (κ2) is 9.60. The minimum absolute atomic E-state index is 0.263. The predicted octanol–water partition coefficient (Wildman–Crippen LogP) is 4.38. The second-order valence-corrected chi connectivity index (χ2v) is 9.38. The van der Waals surface area contributed by atoms with Crippen LogP contribution < -0.4 is 9.64 Å². The maximum atomic E-state index is 13.4. The van der Waals surface area contributed by atoms with Crippen molar-refractivity contribution in [3.05, 3.63) is 53.1 Å². The Morgan fingerprint density at radius 3 is 2.53 bits per heavy atom. The van der Waals surface area contributed by atoms with Crippen LogP contribution in [0.1, 0.15) is 30.1 Å². The molecule has 0 spiro atoms. The molecule has 160 valence electrons. The van der Waals surface area contributed by atoms with Gasteiger partial charge in [0, 0.05) is 23.0 Å². The summed E-state index contributed by atoms with van der Waals surface area (Å²) in [7, 11) is 1.62. The van der Waals surface area contributed by atoms with Gasteiger partial charge in [0.25, 0.3) is 5.91 Å². The van der Waals surface area contributed by atoms with Crippen molar-refractivity contribution in [1.82, 2.24) is 4.90 Å². The van der Waals surface area contributed by atoms with Gasteiger partial charge in [-0.3, -0.25) is 4.79 Å². The van der Waals surface area contributed by atoms with Crippen LogP contribution in [0.4, 0.5) is 5.69 Å². The van der Waals surface area contributed by atoms with Gasteiger partial charge >= 0.3 is 0 Å². The van der Waals surface area contributed by atoms with E-state index in [1.807, 2.05) is 42.5 Å². The molecule has 0 bridgehead atoms. The molecule has 1 amide bonds. The van der Waals surface area contributed by atoms with E-state index in [0.717, 1.165) is 41.5 Å². The van der Waals surface area contributed by atoms with Crippen molar-refractivity contribution >= 4 is 35.0 Å². The van der Waals surface area contributed by atoms with Gasteiger partial charge in [-0.25, -0.2) is 0 Å². The van der Waals surface area contributed by atoms with Gasteiger partial charge in [0.15, 0.2) is 0 Å². The highest BCUT2D eigenvalue weighted by molar-refractivity contribution is 7.99. The van der Waals surface area contributed by atoms with Crippen LogP contribution in [0.15, 0.2) is 47.4 Å². The van der Waals surface area contributed by atoms with Crippen molar-refractivity contribution in [3.63, 3.8) is 0 Å². The van der Waals surface area contributed by atoms with Crippen LogP contribution in [0.2, 0.25) is 5.02 Å². The minimum atomic E-state index is -1.14. The van der Waals surface area contributed by atoms with Crippen molar-refractivity contribution < 1.29 is 14.6 Å². The summed E-state index contributed by atoms with van der Waals surface area (Å²) < 4.78 is 5.24. The summed E-state index contributed by atoms with van der Waals surface area (Å²) in [4.78, 5) is 18.4. The highest BCUT2D eigenvalue weighted by atomic mass is 35.5. The molecule has 2 heterocycles. The SMILES string of the molecule is COc1ccc([C@H]2Sc3cc(Cl)ccc3N(CCN3CCCCC3)C(=O)[C@@H]2O)cc1. The summed E-state index contributed by atoms with van der Waals surface area (Å²) in [5.41, 5.74) is 1.70. The Labute approximate surface area is 187 Å². The number of aliphatic hydroxyl groups excluding tert-OH is 1. The molecular formula is C23H27ClN2O3S. The number of likely N-dealkylation sites (tertiary alicyclic amines) is 1. The Hall–Kier alpha value is -1.73. The lowest BCUT2D eigenvalue weighted by atomic mass is 10.1. The number of carbonyl (C=O) groups is 1. The molecule has 4 rings (SSSR count). The van der Waals surface area contributed by atoms with Crippen molar-refractivity contribution in [2.45, 2.75) is 35.5 Å². The van der Waals surface area contributed by atoms with Crippen molar-refractivity contribution in [2.75, 3.05) is 38.2 Å². The summed E-state index contributed by atoms with van der Waals surface area (Å²) >= 11 is 7.76. The average molecular weight is 447 g/mol. The molecule has 1 fully saturated rings. The van der Waals surface area contributed by atoms with Gasteiger partial charge in [-0.2, -0.15) is 0 Å². The van der Waals surface area contributed by atoms with Gasteiger partial charge in [-0.15, -0.1) is 11.8 Å². The van der Waals surface area contributed by atoms with E-state index in [0.29, 0.717) is 11.6 Å². The van der Waals surface area contributed by atoms with E-state index < -0.39 is 11.4 Å². The molecular weight excluding hydrogens is 420 g/mol. The first-order valence-corrected chi connectivity index (χ1v) is 11.6. The Bertz CT molecular complexity index is 887. The molecule has 2 atom stereocenters. The summed E-state index contributed by atoms with van der Waals surface area (Å²) in [6.07, 6.45) is 2.55. The fraction of sp³-hybridized carbons (Fsp3) is 0.435. The third-order valence-electron chi connectivity index (χ3n) is 5.81. The number of amides is 1. The number of ether oxygens (including phenoxy) is 1. The summed E-state index contributed by atoms with van der Waals surface area (Å²) in [5, 5.41) is 11.3. The number of fused-ring (bicyclic) bond motifs is 1. The van der Waals surface area contributed by atoms with E-state index in [1.165, 1.54) is 31.0 Å². The van der Waals surface area contributed by atoms with Crippen LogP contribution >= 0.6 is 23.4 Å². The number of piperidine rings is 1. The molecule has 2 aliphatic rings. The van der Waals surface area contributed by atoms with Crippen molar-refractivity contribution in [1.29, 1.82) is 0 Å². The van der Waals surface area contributed by atoms with Crippen LogP contribution in [-0.2, 0) is 4.79 Å². The van der Waals surface area contributed by atoms with Crippen LogP contribution in [0, 0.1) is 0 Å². The van der Waals surface area contributed by atoms with E-state index >= 15 is 0 Å². The summed E-state index contributed by atoms with van der Waals surface area (Å²) in [6.45, 7) is 3.50. The number of thioether (sulfide) groups is 1. The minimum Gasteiger partial charge on any atom is -0.497 e. The van der Waals surface area contributed by atoms with Gasteiger partial charge < -0.3 is 19.6 Å². The van der Waals surface area contributed by atoms with Crippen molar-refractivity contribution in [3.8, 4) is 5.75 Å². The van der Waals surface area contributed by atoms with Crippen LogP contribution in [0.3, 0.4) is 0 Å². The fourth-order valence-electron chi connectivity index (χ4n) is 4.11. The molecule has 2 aliphatic heterocycles.